The molecule has 0 aliphatic carbocycles. The molecule has 1 aromatic heterocycles. The van der Waals surface area contributed by atoms with E-state index in [0.717, 1.165) is 43.8 Å². The molecule has 0 radical (unpaired) electrons. The molecule has 0 N–H and O–H groups in total. The third-order valence-corrected chi connectivity index (χ3v) is 5.01. The fraction of sp³-hybridized carbons (Fsp3) is 0.429. The molecule has 1 saturated heterocycles. The van der Waals surface area contributed by atoms with Gasteiger partial charge in [-0.1, -0.05) is 18.2 Å². The van der Waals surface area contributed by atoms with E-state index >= 15 is 0 Å². The zero-order valence-corrected chi connectivity index (χ0v) is 15.1. The molecule has 0 atom stereocenters. The summed E-state index contributed by atoms with van der Waals surface area (Å²) >= 11 is 0. The second-order valence-corrected chi connectivity index (χ2v) is 6.79. The summed E-state index contributed by atoms with van der Waals surface area (Å²) in [6.07, 6.45) is 4.42. The maximum absolute atomic E-state index is 12.5. The number of methoxy groups -OCH3 is 1. The third kappa shape index (κ3) is 4.59. The number of carbonyl (C=O) groups excluding carboxylic acids is 1. The van der Waals surface area contributed by atoms with Crippen LogP contribution in [-0.4, -0.2) is 36.0 Å². The van der Waals surface area contributed by atoms with E-state index in [4.69, 9.17) is 4.74 Å². The average molecular weight is 338 g/mol. The smallest absolute Gasteiger partial charge is 0.272 e. The van der Waals surface area contributed by atoms with E-state index in [1.807, 2.05) is 42.2 Å². The first-order chi connectivity index (χ1) is 12.2. The van der Waals surface area contributed by atoms with Crippen molar-refractivity contribution in [2.24, 2.45) is 5.92 Å². The van der Waals surface area contributed by atoms with E-state index in [-0.39, 0.29) is 5.91 Å². The third-order valence-electron chi connectivity index (χ3n) is 5.01. The monoisotopic (exact) mass is 338 g/mol. The first kappa shape index (κ1) is 17.5. The predicted molar refractivity (Wildman–Crippen MR) is 98.9 cm³/mol. The molecule has 1 aromatic carbocycles. The van der Waals surface area contributed by atoms with E-state index in [9.17, 15) is 4.79 Å². The lowest BCUT2D eigenvalue weighted by molar-refractivity contribution is 0.0680. The summed E-state index contributed by atoms with van der Waals surface area (Å²) < 4.78 is 5.20. The number of ether oxygens (including phenoxy) is 1. The van der Waals surface area contributed by atoms with Gasteiger partial charge in [0.25, 0.3) is 5.91 Å². The minimum absolute atomic E-state index is 0.0669. The van der Waals surface area contributed by atoms with Crippen molar-refractivity contribution in [3.63, 3.8) is 0 Å². The van der Waals surface area contributed by atoms with Crippen LogP contribution in [0.2, 0.25) is 0 Å². The number of aryl methyl sites for hydroxylation is 2. The van der Waals surface area contributed by atoms with Crippen LogP contribution in [0.25, 0.3) is 0 Å². The second kappa shape index (κ2) is 8.15. The highest BCUT2D eigenvalue weighted by Crippen LogP contribution is 2.24. The van der Waals surface area contributed by atoms with Gasteiger partial charge in [0.15, 0.2) is 0 Å². The minimum Gasteiger partial charge on any atom is -0.497 e. The lowest BCUT2D eigenvalue weighted by Gasteiger charge is -2.32. The van der Waals surface area contributed by atoms with Gasteiger partial charge in [0.2, 0.25) is 0 Å². The van der Waals surface area contributed by atoms with Gasteiger partial charge < -0.3 is 9.64 Å². The van der Waals surface area contributed by atoms with Crippen molar-refractivity contribution >= 4 is 5.91 Å². The number of piperidine rings is 1. The van der Waals surface area contributed by atoms with Gasteiger partial charge >= 0.3 is 0 Å². The molecule has 1 fully saturated rings. The molecule has 1 amide bonds. The Balaban J connectivity index is 1.47. The van der Waals surface area contributed by atoms with Crippen LogP contribution in [0.3, 0.4) is 0 Å². The summed E-state index contributed by atoms with van der Waals surface area (Å²) in [6.45, 7) is 3.59. The van der Waals surface area contributed by atoms with Crippen LogP contribution in [0.5, 0.6) is 5.75 Å². The molecule has 2 aromatic rings. The van der Waals surface area contributed by atoms with Crippen LogP contribution in [0, 0.1) is 12.8 Å². The average Bonchev–Trinajstić information content (AvgIpc) is 2.66. The molecule has 3 rings (SSSR count). The molecule has 0 bridgehead atoms. The molecule has 132 valence electrons. The van der Waals surface area contributed by atoms with Crippen LogP contribution in [-0.2, 0) is 6.42 Å². The number of aromatic nitrogens is 1. The van der Waals surface area contributed by atoms with E-state index in [1.165, 1.54) is 12.0 Å². The van der Waals surface area contributed by atoms with Crippen molar-refractivity contribution < 1.29 is 9.53 Å². The van der Waals surface area contributed by atoms with Crippen LogP contribution < -0.4 is 4.74 Å². The first-order valence-electron chi connectivity index (χ1n) is 9.01. The van der Waals surface area contributed by atoms with Crippen molar-refractivity contribution in [1.82, 2.24) is 9.88 Å². The summed E-state index contributed by atoms with van der Waals surface area (Å²) in [5, 5.41) is 0. The number of likely N-dealkylation sites (tertiary alicyclic amines) is 1. The number of benzene rings is 1. The zero-order chi connectivity index (χ0) is 17.6. The van der Waals surface area contributed by atoms with Gasteiger partial charge in [0.05, 0.1) is 7.11 Å². The van der Waals surface area contributed by atoms with Crippen molar-refractivity contribution in [2.75, 3.05) is 20.2 Å². The Kier molecular flexibility index (Phi) is 5.69. The Labute approximate surface area is 149 Å². The molecule has 1 aliphatic rings. The van der Waals surface area contributed by atoms with Crippen molar-refractivity contribution in [2.45, 2.75) is 32.6 Å². The molecule has 4 nitrogen and oxygen atoms in total. The van der Waals surface area contributed by atoms with Crippen molar-refractivity contribution in [3.05, 3.63) is 59.4 Å². The Morgan fingerprint density at radius 2 is 1.88 bits per heavy atom. The number of hydrogen-bond donors (Lipinski definition) is 0. The molecule has 0 spiro atoms. The fourth-order valence-corrected chi connectivity index (χ4v) is 3.41. The SMILES string of the molecule is COc1ccc(CCC2CCN(C(=O)c3cccc(C)n3)CC2)cc1. The van der Waals surface area contributed by atoms with Crippen LogP contribution in [0.4, 0.5) is 0 Å². The number of nitrogens with zero attached hydrogens (tertiary/aromatic N) is 2. The summed E-state index contributed by atoms with van der Waals surface area (Å²) in [5.41, 5.74) is 2.81. The minimum atomic E-state index is 0.0669. The van der Waals surface area contributed by atoms with Crippen LogP contribution in [0.1, 0.15) is 41.0 Å². The number of amides is 1. The number of hydrogen-bond acceptors (Lipinski definition) is 3. The first-order valence-corrected chi connectivity index (χ1v) is 9.01. The molecule has 1 aliphatic heterocycles. The largest absolute Gasteiger partial charge is 0.497 e. The Morgan fingerprint density at radius 1 is 1.16 bits per heavy atom. The topological polar surface area (TPSA) is 42.4 Å². The maximum Gasteiger partial charge on any atom is 0.272 e. The highest BCUT2D eigenvalue weighted by molar-refractivity contribution is 5.92. The molecule has 0 saturated carbocycles. The molecular formula is C21H26N2O2. The lowest BCUT2D eigenvalue weighted by Crippen LogP contribution is -2.39. The number of pyridine rings is 1. The van der Waals surface area contributed by atoms with E-state index < -0.39 is 0 Å². The van der Waals surface area contributed by atoms with Crippen LogP contribution in [0.15, 0.2) is 42.5 Å². The van der Waals surface area contributed by atoms with Gasteiger partial charge in [-0.2, -0.15) is 0 Å². The van der Waals surface area contributed by atoms with Gasteiger partial charge in [-0.05, 0) is 68.4 Å². The molecule has 4 heteroatoms. The lowest BCUT2D eigenvalue weighted by atomic mass is 9.90. The van der Waals surface area contributed by atoms with Gasteiger partial charge in [-0.25, -0.2) is 4.98 Å². The maximum atomic E-state index is 12.5. The molecule has 25 heavy (non-hydrogen) atoms. The Bertz CT molecular complexity index is 704. The Hall–Kier alpha value is -2.36. The number of rotatable bonds is 5. The fourth-order valence-electron chi connectivity index (χ4n) is 3.41. The molecular weight excluding hydrogens is 312 g/mol. The summed E-state index contributed by atoms with van der Waals surface area (Å²) in [4.78, 5) is 18.9. The quantitative estimate of drug-likeness (QED) is 0.831. The molecule has 2 heterocycles. The highest BCUT2D eigenvalue weighted by Gasteiger charge is 2.24. The highest BCUT2D eigenvalue weighted by atomic mass is 16.5. The van der Waals surface area contributed by atoms with E-state index in [1.54, 1.807) is 7.11 Å². The number of carbonyl (C=O) groups is 1. The predicted octanol–water partition coefficient (Wildman–Crippen LogP) is 3.88. The molecule has 0 unspecified atom stereocenters. The second-order valence-electron chi connectivity index (χ2n) is 6.79. The van der Waals surface area contributed by atoms with Crippen LogP contribution >= 0.6 is 0 Å². The van der Waals surface area contributed by atoms with Gasteiger partial charge in [0, 0.05) is 18.8 Å². The summed E-state index contributed by atoms with van der Waals surface area (Å²) in [5.74, 6) is 1.66. The van der Waals surface area contributed by atoms with Gasteiger partial charge in [-0.3, -0.25) is 4.79 Å². The van der Waals surface area contributed by atoms with E-state index in [0.29, 0.717) is 11.6 Å². The normalized spacial score (nSPS) is 15.2. The van der Waals surface area contributed by atoms with Crippen molar-refractivity contribution in [3.8, 4) is 5.75 Å². The van der Waals surface area contributed by atoms with E-state index in [2.05, 4.69) is 17.1 Å². The Morgan fingerprint density at radius 3 is 2.52 bits per heavy atom. The summed E-state index contributed by atoms with van der Waals surface area (Å²) in [7, 11) is 1.69. The summed E-state index contributed by atoms with van der Waals surface area (Å²) in [6, 6.07) is 13.9. The van der Waals surface area contributed by atoms with Crippen molar-refractivity contribution in [1.29, 1.82) is 0 Å². The zero-order valence-electron chi connectivity index (χ0n) is 15.1. The standard InChI is InChI=1S/C21H26N2O2/c1-16-4-3-5-20(22-16)21(24)23-14-12-18(13-15-23)7-6-17-8-10-19(25-2)11-9-17/h3-5,8-11,18H,6-7,12-15H2,1-2H3. The van der Waals surface area contributed by atoms with Gasteiger partial charge in [0.1, 0.15) is 11.4 Å². The van der Waals surface area contributed by atoms with Gasteiger partial charge in [-0.15, -0.1) is 0 Å².